The number of terminal acetylenes is 2. The molecule has 0 aromatic rings. The third kappa shape index (κ3) is 4.88. The molecule has 0 heterocycles. The topological polar surface area (TPSA) is 55.8 Å². The van der Waals surface area contributed by atoms with Gasteiger partial charge in [0.25, 0.3) is 0 Å². The standard InChI is InChI=1S/C22H28O2.C20H26O2.C2H2/c1-5-22(23)13-10-19-17-7-6-15-14-16(24-4)8-11-20(15,2)18(17)9-12-21(19,22)3;1-19-10-8-14(22-3)12-13(19)4-5-15-16-6-7-18(21)20(16,2)11-9-17(15)19;1-2/h1,6,9,14,17,19,23H,7-8,10-13H2,2-4H3;4,9,12,15-16H,5-8,10-11H2,1-3H3;1-2H/t17?,19?,20-,21-,22-;15?,16?,19-,20-;/m00./s1. The van der Waals surface area contributed by atoms with Crippen molar-refractivity contribution in [2.24, 2.45) is 45.3 Å². The molecule has 256 valence electrons. The molecule has 0 bridgehead atoms. The molecular weight excluding hydrogens is 592 g/mol. The SMILES string of the molecule is C#C.C#C[C@]1(O)CCC2C3CC=C4C=C(OC)CC[C@]4(C)C3=CC[C@@]21C.COC1=CC2=CCC3C(=CC[C@]4(C)C(=O)CCC34)[C@@]2(C)CC1. The van der Waals surface area contributed by atoms with E-state index < -0.39 is 5.60 Å². The minimum absolute atomic E-state index is 0.0853. The van der Waals surface area contributed by atoms with Crippen LogP contribution in [0.25, 0.3) is 0 Å². The fourth-order valence-corrected chi connectivity index (χ4v) is 11.6. The number of ether oxygens (including phenoxy) is 2. The smallest absolute Gasteiger partial charge is 0.139 e. The highest BCUT2D eigenvalue weighted by molar-refractivity contribution is 5.87. The first-order chi connectivity index (χ1) is 22.9. The molecule has 0 aromatic carbocycles. The Labute approximate surface area is 289 Å². The third-order valence-corrected chi connectivity index (χ3v) is 14.9. The second kappa shape index (κ2) is 12.3. The first-order valence-corrected chi connectivity index (χ1v) is 18.2. The van der Waals surface area contributed by atoms with E-state index in [9.17, 15) is 9.90 Å². The molecule has 0 amide bonds. The summed E-state index contributed by atoms with van der Waals surface area (Å²) in [7, 11) is 3.54. The van der Waals surface area contributed by atoms with E-state index in [4.69, 9.17) is 15.9 Å². The largest absolute Gasteiger partial charge is 0.501 e. The zero-order chi connectivity index (χ0) is 34.7. The van der Waals surface area contributed by atoms with Gasteiger partial charge in [0, 0.05) is 40.9 Å². The highest BCUT2D eigenvalue weighted by atomic mass is 16.5. The number of ketones is 1. The summed E-state index contributed by atoms with van der Waals surface area (Å²) in [6.45, 7) is 9.22. The quantitative estimate of drug-likeness (QED) is 0.240. The normalized spacial score (nSPS) is 43.2. The number of carbonyl (C=O) groups excluding carboxylic acids is 1. The number of carbonyl (C=O) groups is 1. The summed E-state index contributed by atoms with van der Waals surface area (Å²) in [5.41, 5.74) is 5.15. The van der Waals surface area contributed by atoms with Crippen LogP contribution >= 0.6 is 0 Å². The van der Waals surface area contributed by atoms with Gasteiger partial charge in [0.05, 0.1) is 25.7 Å². The molecular formula is C44H56O4. The van der Waals surface area contributed by atoms with E-state index in [-0.39, 0.29) is 21.7 Å². The fraction of sp³-hybridized carbons (Fsp3) is 0.614. The highest BCUT2D eigenvalue weighted by Crippen LogP contribution is 2.65. The molecule has 4 unspecified atom stereocenters. The van der Waals surface area contributed by atoms with E-state index in [1.807, 2.05) is 0 Å². The molecule has 4 heteroatoms. The van der Waals surface area contributed by atoms with Crippen molar-refractivity contribution in [1.29, 1.82) is 0 Å². The van der Waals surface area contributed by atoms with Gasteiger partial charge in [0.1, 0.15) is 11.4 Å². The van der Waals surface area contributed by atoms with Crippen LogP contribution in [0.5, 0.6) is 0 Å². The van der Waals surface area contributed by atoms with Crippen LogP contribution in [0, 0.1) is 70.5 Å². The predicted molar refractivity (Wildman–Crippen MR) is 193 cm³/mol. The lowest BCUT2D eigenvalue weighted by Gasteiger charge is -2.53. The maximum Gasteiger partial charge on any atom is 0.139 e. The van der Waals surface area contributed by atoms with Crippen molar-refractivity contribution in [3.8, 4) is 25.2 Å². The van der Waals surface area contributed by atoms with Crippen molar-refractivity contribution < 1.29 is 19.4 Å². The Morgan fingerprint density at radius 1 is 0.750 bits per heavy atom. The van der Waals surface area contributed by atoms with Gasteiger partial charge in [-0.1, -0.05) is 69.1 Å². The first-order valence-electron chi connectivity index (χ1n) is 18.2. The fourth-order valence-electron chi connectivity index (χ4n) is 11.6. The molecule has 2 saturated carbocycles. The van der Waals surface area contributed by atoms with Gasteiger partial charge in [-0.15, -0.1) is 19.3 Å². The van der Waals surface area contributed by atoms with E-state index in [0.29, 0.717) is 29.5 Å². The first kappa shape index (κ1) is 34.6. The Bertz CT molecular complexity index is 1610. The molecule has 9 atom stereocenters. The van der Waals surface area contributed by atoms with Gasteiger partial charge < -0.3 is 14.6 Å². The van der Waals surface area contributed by atoms with Gasteiger partial charge in [-0.2, -0.15) is 0 Å². The lowest BCUT2D eigenvalue weighted by molar-refractivity contribution is -0.127. The molecule has 0 aromatic heterocycles. The minimum Gasteiger partial charge on any atom is -0.501 e. The predicted octanol–water partition coefficient (Wildman–Crippen LogP) is 9.20. The van der Waals surface area contributed by atoms with Crippen LogP contribution in [-0.4, -0.2) is 30.7 Å². The molecule has 1 N–H and O–H groups in total. The summed E-state index contributed by atoms with van der Waals surface area (Å²) < 4.78 is 11.0. The van der Waals surface area contributed by atoms with Crippen LogP contribution in [0.2, 0.25) is 0 Å². The van der Waals surface area contributed by atoms with Gasteiger partial charge in [0.2, 0.25) is 0 Å². The summed E-state index contributed by atoms with van der Waals surface area (Å²) in [5, 5.41) is 11.0. The summed E-state index contributed by atoms with van der Waals surface area (Å²) >= 11 is 0. The number of hydrogen-bond acceptors (Lipinski definition) is 4. The van der Waals surface area contributed by atoms with Crippen LogP contribution in [0.4, 0.5) is 0 Å². The van der Waals surface area contributed by atoms with E-state index in [0.717, 1.165) is 88.6 Å². The van der Waals surface area contributed by atoms with Crippen molar-refractivity contribution in [1.82, 2.24) is 0 Å². The molecule has 8 aliphatic rings. The molecule has 4 nitrogen and oxygen atoms in total. The summed E-state index contributed by atoms with van der Waals surface area (Å²) in [6.07, 6.45) is 39.9. The van der Waals surface area contributed by atoms with Crippen molar-refractivity contribution in [3.05, 3.63) is 70.3 Å². The second-order valence-corrected chi connectivity index (χ2v) is 16.6. The van der Waals surface area contributed by atoms with Crippen molar-refractivity contribution in [3.63, 3.8) is 0 Å². The average Bonchev–Trinajstić information content (AvgIpc) is 3.56. The van der Waals surface area contributed by atoms with Crippen molar-refractivity contribution in [2.45, 2.75) is 110 Å². The van der Waals surface area contributed by atoms with Crippen molar-refractivity contribution >= 4 is 5.78 Å². The summed E-state index contributed by atoms with van der Waals surface area (Å²) in [5.74, 6) is 7.60. The van der Waals surface area contributed by atoms with Gasteiger partial charge >= 0.3 is 0 Å². The lowest BCUT2D eigenvalue weighted by atomic mass is 9.52. The minimum atomic E-state index is -0.944. The number of rotatable bonds is 2. The molecule has 0 aliphatic heterocycles. The van der Waals surface area contributed by atoms with Gasteiger partial charge in [-0.05, 0) is 105 Å². The Morgan fingerprint density at radius 2 is 1.27 bits per heavy atom. The Kier molecular flexibility index (Phi) is 8.87. The molecule has 2 fully saturated rings. The molecule has 48 heavy (non-hydrogen) atoms. The van der Waals surface area contributed by atoms with Gasteiger partial charge in [-0.3, -0.25) is 4.79 Å². The Morgan fingerprint density at radius 3 is 1.79 bits per heavy atom. The van der Waals surface area contributed by atoms with Crippen LogP contribution in [0.15, 0.2) is 70.3 Å². The maximum atomic E-state index is 12.4. The molecule has 8 rings (SSSR count). The van der Waals surface area contributed by atoms with E-state index >= 15 is 0 Å². The van der Waals surface area contributed by atoms with E-state index in [2.05, 4.69) is 82.9 Å². The lowest BCUT2D eigenvalue weighted by Crippen LogP contribution is -2.49. The van der Waals surface area contributed by atoms with Crippen LogP contribution < -0.4 is 0 Å². The molecule has 8 aliphatic carbocycles. The highest BCUT2D eigenvalue weighted by Gasteiger charge is 2.61. The average molecular weight is 649 g/mol. The number of Topliss-reactive ketones (excluding diaryl/α,β-unsaturated/α-hetero) is 1. The Hall–Kier alpha value is -3.21. The summed E-state index contributed by atoms with van der Waals surface area (Å²) in [6, 6.07) is 0. The number of methoxy groups -OCH3 is 2. The summed E-state index contributed by atoms with van der Waals surface area (Å²) in [4.78, 5) is 12.4. The Balaban J connectivity index is 0.000000160. The zero-order valence-corrected chi connectivity index (χ0v) is 30.2. The molecule has 0 radical (unpaired) electrons. The number of allylic oxidation sites excluding steroid dienone is 12. The van der Waals surface area contributed by atoms with Crippen molar-refractivity contribution in [2.75, 3.05) is 14.2 Å². The number of fused-ring (bicyclic) bond motifs is 10. The molecule has 0 saturated heterocycles. The van der Waals surface area contributed by atoms with E-state index in [1.165, 1.54) is 11.1 Å². The van der Waals surface area contributed by atoms with Crippen LogP contribution in [-0.2, 0) is 14.3 Å². The van der Waals surface area contributed by atoms with Crippen LogP contribution in [0.1, 0.15) is 105 Å². The van der Waals surface area contributed by atoms with Gasteiger partial charge in [0.15, 0.2) is 0 Å². The second-order valence-electron chi connectivity index (χ2n) is 16.6. The maximum absolute atomic E-state index is 12.4. The molecule has 0 spiro atoms. The number of aliphatic hydroxyl groups is 1. The number of hydrogen-bond donors (Lipinski definition) is 1. The van der Waals surface area contributed by atoms with Gasteiger partial charge in [-0.25, -0.2) is 0 Å². The van der Waals surface area contributed by atoms with E-state index in [1.54, 1.807) is 25.4 Å². The van der Waals surface area contributed by atoms with Crippen LogP contribution in [0.3, 0.4) is 0 Å². The zero-order valence-electron chi connectivity index (χ0n) is 30.2. The third-order valence-electron chi connectivity index (χ3n) is 14.9. The monoisotopic (exact) mass is 648 g/mol.